The zero-order chi connectivity index (χ0) is 10.8. The number of ketones is 1. The number of carbonyl (C=O) groups excluding carboxylic acids is 1. The van der Waals surface area contributed by atoms with Crippen molar-refractivity contribution in [3.63, 3.8) is 0 Å². The number of hydrogen-bond acceptors (Lipinski definition) is 3. The van der Waals surface area contributed by atoms with Crippen molar-refractivity contribution in [2.24, 2.45) is 5.41 Å². The van der Waals surface area contributed by atoms with Gasteiger partial charge in [0, 0.05) is 5.41 Å². The van der Waals surface area contributed by atoms with Gasteiger partial charge in [-0.1, -0.05) is 26.8 Å². The third-order valence-corrected chi connectivity index (χ3v) is 1.95. The Kier molecular flexibility index (Phi) is 2.84. The van der Waals surface area contributed by atoms with Crippen LogP contribution in [-0.2, 0) is 4.79 Å². The van der Waals surface area contributed by atoms with E-state index in [2.05, 4.69) is 16.7 Å². The second-order valence-electron chi connectivity index (χ2n) is 4.17. The van der Waals surface area contributed by atoms with Gasteiger partial charge in [0.1, 0.15) is 18.7 Å². The van der Waals surface area contributed by atoms with Crippen LogP contribution in [0.4, 0.5) is 0 Å². The van der Waals surface area contributed by atoms with E-state index in [1.807, 2.05) is 20.8 Å². The Balaban J connectivity index is 2.94. The van der Waals surface area contributed by atoms with Crippen LogP contribution in [0.2, 0.25) is 0 Å². The predicted molar refractivity (Wildman–Crippen MR) is 53.7 cm³/mol. The van der Waals surface area contributed by atoms with E-state index >= 15 is 0 Å². The van der Waals surface area contributed by atoms with Gasteiger partial charge in [-0.2, -0.15) is 5.10 Å². The molecule has 1 heterocycles. The first kappa shape index (κ1) is 10.6. The first-order chi connectivity index (χ1) is 6.46. The van der Waals surface area contributed by atoms with E-state index in [1.54, 1.807) is 6.08 Å². The van der Waals surface area contributed by atoms with Gasteiger partial charge in [-0.15, -0.1) is 6.58 Å². The third kappa shape index (κ3) is 2.07. The van der Waals surface area contributed by atoms with Crippen molar-refractivity contribution in [2.45, 2.75) is 26.8 Å². The van der Waals surface area contributed by atoms with E-state index in [0.717, 1.165) is 0 Å². The van der Waals surface area contributed by atoms with Gasteiger partial charge in [0.15, 0.2) is 5.78 Å². The number of allylic oxidation sites excluding steroid dienone is 1. The predicted octanol–water partition coefficient (Wildman–Crippen LogP) is 1.62. The van der Waals surface area contributed by atoms with Crippen molar-refractivity contribution in [3.05, 3.63) is 25.3 Å². The molecule has 1 aromatic rings. The molecule has 0 spiro atoms. The summed E-state index contributed by atoms with van der Waals surface area (Å²) < 4.78 is 1.51. The average Bonchev–Trinajstić information content (AvgIpc) is 2.57. The van der Waals surface area contributed by atoms with Crippen molar-refractivity contribution in [3.8, 4) is 0 Å². The molecule has 1 unspecified atom stereocenters. The molecule has 0 amide bonds. The van der Waals surface area contributed by atoms with Crippen LogP contribution in [0.15, 0.2) is 25.3 Å². The number of nitrogens with zero attached hydrogens (tertiary/aromatic N) is 3. The smallest absolute Gasteiger partial charge is 0.166 e. The summed E-state index contributed by atoms with van der Waals surface area (Å²) in [4.78, 5) is 15.7. The standard InChI is InChI=1S/C10H15N3O/c1-5-8(9(14)10(2,3)4)13-7-11-6-12-13/h5-8H,1H2,2-4H3. The molecule has 0 aliphatic rings. The number of carbonyl (C=O) groups is 1. The van der Waals surface area contributed by atoms with E-state index in [0.29, 0.717) is 0 Å². The van der Waals surface area contributed by atoms with E-state index in [1.165, 1.54) is 17.3 Å². The first-order valence-corrected chi connectivity index (χ1v) is 4.48. The quantitative estimate of drug-likeness (QED) is 0.685. The van der Waals surface area contributed by atoms with Crippen LogP contribution in [0.3, 0.4) is 0 Å². The second kappa shape index (κ2) is 3.74. The monoisotopic (exact) mass is 193 g/mol. The molecule has 0 bridgehead atoms. The van der Waals surface area contributed by atoms with Gasteiger partial charge in [0.2, 0.25) is 0 Å². The summed E-state index contributed by atoms with van der Waals surface area (Å²) >= 11 is 0. The highest BCUT2D eigenvalue weighted by molar-refractivity contribution is 5.88. The molecule has 76 valence electrons. The highest BCUT2D eigenvalue weighted by Gasteiger charge is 2.29. The van der Waals surface area contributed by atoms with Crippen LogP contribution in [0.25, 0.3) is 0 Å². The molecule has 4 nitrogen and oxygen atoms in total. The Hall–Kier alpha value is -1.45. The number of Topliss-reactive ketones (excluding diaryl/α,β-unsaturated/α-hetero) is 1. The largest absolute Gasteiger partial charge is 0.296 e. The van der Waals surface area contributed by atoms with Crippen molar-refractivity contribution in [2.75, 3.05) is 0 Å². The summed E-state index contributed by atoms with van der Waals surface area (Å²) in [5.74, 6) is 0.0815. The lowest BCUT2D eigenvalue weighted by molar-refractivity contribution is -0.128. The maximum Gasteiger partial charge on any atom is 0.166 e. The molecule has 14 heavy (non-hydrogen) atoms. The van der Waals surface area contributed by atoms with E-state index in [4.69, 9.17) is 0 Å². The number of hydrogen-bond donors (Lipinski definition) is 0. The van der Waals surface area contributed by atoms with Gasteiger partial charge < -0.3 is 0 Å². The van der Waals surface area contributed by atoms with Crippen LogP contribution >= 0.6 is 0 Å². The molecule has 0 aliphatic carbocycles. The summed E-state index contributed by atoms with van der Waals surface area (Å²) in [5, 5.41) is 3.94. The maximum absolute atomic E-state index is 11.9. The molecule has 1 rings (SSSR count). The van der Waals surface area contributed by atoms with Gasteiger partial charge in [-0.05, 0) is 0 Å². The van der Waals surface area contributed by atoms with Crippen LogP contribution in [-0.4, -0.2) is 20.5 Å². The van der Waals surface area contributed by atoms with E-state index < -0.39 is 11.5 Å². The van der Waals surface area contributed by atoms with Crippen LogP contribution < -0.4 is 0 Å². The van der Waals surface area contributed by atoms with Crippen LogP contribution in [0, 0.1) is 5.41 Å². The molecule has 0 N–H and O–H groups in total. The summed E-state index contributed by atoms with van der Waals surface area (Å²) in [5.41, 5.74) is -0.398. The minimum atomic E-state index is -0.419. The molecule has 0 radical (unpaired) electrons. The van der Waals surface area contributed by atoms with Crippen molar-refractivity contribution in [1.82, 2.24) is 14.8 Å². The molecule has 1 aromatic heterocycles. The van der Waals surface area contributed by atoms with Crippen LogP contribution in [0.1, 0.15) is 26.8 Å². The fraction of sp³-hybridized carbons (Fsp3) is 0.500. The molecule has 4 heteroatoms. The highest BCUT2D eigenvalue weighted by Crippen LogP contribution is 2.23. The number of rotatable bonds is 3. The topological polar surface area (TPSA) is 47.8 Å². The Morgan fingerprint density at radius 3 is 2.57 bits per heavy atom. The fourth-order valence-electron chi connectivity index (χ4n) is 1.14. The molecular formula is C10H15N3O. The van der Waals surface area contributed by atoms with Crippen molar-refractivity contribution < 1.29 is 4.79 Å². The van der Waals surface area contributed by atoms with E-state index in [9.17, 15) is 4.79 Å². The minimum absolute atomic E-state index is 0.0815. The normalized spacial score (nSPS) is 13.6. The Labute approximate surface area is 83.6 Å². The summed E-state index contributed by atoms with van der Waals surface area (Å²) in [7, 11) is 0. The van der Waals surface area contributed by atoms with Crippen molar-refractivity contribution in [1.29, 1.82) is 0 Å². The summed E-state index contributed by atoms with van der Waals surface area (Å²) in [6.45, 7) is 9.28. The van der Waals surface area contributed by atoms with Gasteiger partial charge in [0.25, 0.3) is 0 Å². The fourth-order valence-corrected chi connectivity index (χ4v) is 1.14. The molecule has 0 saturated heterocycles. The third-order valence-electron chi connectivity index (χ3n) is 1.95. The SMILES string of the molecule is C=CC(C(=O)C(C)(C)C)n1cncn1. The molecule has 0 aliphatic heterocycles. The zero-order valence-corrected chi connectivity index (χ0v) is 8.77. The second-order valence-corrected chi connectivity index (χ2v) is 4.17. The minimum Gasteiger partial charge on any atom is -0.296 e. The summed E-state index contributed by atoms with van der Waals surface area (Å²) in [6.07, 6.45) is 4.52. The lowest BCUT2D eigenvalue weighted by Gasteiger charge is -2.21. The van der Waals surface area contributed by atoms with Gasteiger partial charge >= 0.3 is 0 Å². The summed E-state index contributed by atoms with van der Waals surface area (Å²) in [6, 6.07) is -0.419. The molecular weight excluding hydrogens is 178 g/mol. The van der Waals surface area contributed by atoms with E-state index in [-0.39, 0.29) is 5.78 Å². The zero-order valence-electron chi connectivity index (χ0n) is 8.77. The van der Waals surface area contributed by atoms with Crippen LogP contribution in [0.5, 0.6) is 0 Å². The molecule has 1 atom stereocenters. The Bertz CT molecular complexity index is 322. The highest BCUT2D eigenvalue weighted by atomic mass is 16.1. The molecule has 0 saturated carbocycles. The van der Waals surface area contributed by atoms with Gasteiger partial charge in [-0.25, -0.2) is 9.67 Å². The van der Waals surface area contributed by atoms with Crippen molar-refractivity contribution >= 4 is 5.78 Å². The van der Waals surface area contributed by atoms with Gasteiger partial charge in [0.05, 0.1) is 0 Å². The number of aromatic nitrogens is 3. The Morgan fingerprint density at radius 2 is 2.21 bits per heavy atom. The van der Waals surface area contributed by atoms with Gasteiger partial charge in [-0.3, -0.25) is 4.79 Å². The lowest BCUT2D eigenvalue weighted by Crippen LogP contribution is -2.29. The molecule has 0 fully saturated rings. The first-order valence-electron chi connectivity index (χ1n) is 4.48. The molecule has 0 aromatic carbocycles. The average molecular weight is 193 g/mol. The Morgan fingerprint density at radius 1 is 1.57 bits per heavy atom. The maximum atomic E-state index is 11.9. The lowest BCUT2D eigenvalue weighted by atomic mass is 9.86.